The summed E-state index contributed by atoms with van der Waals surface area (Å²) in [4.78, 5) is 0. The van der Waals surface area contributed by atoms with Crippen molar-refractivity contribution in [1.82, 2.24) is 0 Å². The highest BCUT2D eigenvalue weighted by atomic mass is 28.3. The molecule has 0 saturated heterocycles. The van der Waals surface area contributed by atoms with Crippen molar-refractivity contribution in [2.45, 2.75) is 6.92 Å². The van der Waals surface area contributed by atoms with Crippen LogP contribution in [0.3, 0.4) is 0 Å². The van der Waals surface area contributed by atoms with E-state index in [1.54, 1.807) is 0 Å². The molecule has 7 rings (SSSR count). The monoisotopic (exact) mass is 448 g/mol. The van der Waals surface area contributed by atoms with Crippen molar-refractivity contribution in [2.75, 3.05) is 0 Å². The van der Waals surface area contributed by atoms with Gasteiger partial charge in [0.25, 0.3) is 0 Å². The normalized spacial score (nSPS) is 13.7. The van der Waals surface area contributed by atoms with Gasteiger partial charge in [-0.15, -0.1) is 0 Å². The van der Waals surface area contributed by atoms with Gasteiger partial charge in [0, 0.05) is 0 Å². The number of fused-ring (bicyclic) bond motifs is 6. The lowest BCUT2D eigenvalue weighted by molar-refractivity contribution is 1.49. The summed E-state index contributed by atoms with van der Waals surface area (Å²) in [7, 11) is -2.43. The van der Waals surface area contributed by atoms with Crippen LogP contribution in [-0.4, -0.2) is 8.07 Å². The summed E-state index contributed by atoms with van der Waals surface area (Å²) < 4.78 is 0. The first-order valence-corrected chi connectivity index (χ1v) is 14.0. The van der Waals surface area contributed by atoms with Gasteiger partial charge >= 0.3 is 0 Å². The lowest BCUT2D eigenvalue weighted by Crippen LogP contribution is -2.72. The molecule has 0 bridgehead atoms. The smallest absolute Gasteiger partial charge is 0.0623 e. The molecule has 0 aliphatic carbocycles. The van der Waals surface area contributed by atoms with E-state index in [4.69, 9.17) is 0 Å². The molecule has 1 heteroatoms. The van der Waals surface area contributed by atoms with E-state index in [0.717, 1.165) is 0 Å². The van der Waals surface area contributed by atoms with Gasteiger partial charge < -0.3 is 0 Å². The molecule has 0 spiro atoms. The van der Waals surface area contributed by atoms with Crippen LogP contribution in [0.25, 0.3) is 32.7 Å². The second-order valence-corrected chi connectivity index (χ2v) is 13.2. The lowest BCUT2D eigenvalue weighted by Gasteiger charge is -2.31. The van der Waals surface area contributed by atoms with Crippen molar-refractivity contribution in [3.8, 4) is 11.1 Å². The van der Waals surface area contributed by atoms with Gasteiger partial charge in [-0.2, -0.15) is 0 Å². The molecule has 0 nitrogen and oxygen atoms in total. The van der Waals surface area contributed by atoms with Crippen molar-refractivity contribution < 1.29 is 0 Å². The third kappa shape index (κ3) is 2.59. The maximum absolute atomic E-state index is 2.51. The Morgan fingerprint density at radius 1 is 0.441 bits per heavy atom. The maximum atomic E-state index is 2.51. The Morgan fingerprint density at radius 2 is 1.06 bits per heavy atom. The van der Waals surface area contributed by atoms with Gasteiger partial charge in [-0.25, -0.2) is 0 Å². The van der Waals surface area contributed by atoms with Crippen LogP contribution in [0.2, 0.25) is 0 Å². The van der Waals surface area contributed by atoms with E-state index in [0.29, 0.717) is 0 Å². The van der Waals surface area contributed by atoms with E-state index >= 15 is 0 Å². The van der Waals surface area contributed by atoms with Crippen LogP contribution in [0, 0.1) is 6.92 Å². The average Bonchev–Trinajstić information content (AvgIpc) is 3.18. The predicted octanol–water partition coefficient (Wildman–Crippen LogP) is 5.66. The SMILES string of the molecule is Cc1ccc2c(c1)-c1cc3c(ccc4ccccc43)cc1[Si]2(c1ccccc1)c1ccccc1. The summed E-state index contributed by atoms with van der Waals surface area (Å²) in [5.74, 6) is 0. The predicted molar refractivity (Wildman–Crippen MR) is 149 cm³/mol. The van der Waals surface area contributed by atoms with Gasteiger partial charge in [-0.3, -0.25) is 0 Å². The minimum atomic E-state index is -2.43. The van der Waals surface area contributed by atoms with E-state index in [1.807, 2.05) is 0 Å². The Hall–Kier alpha value is -3.94. The number of rotatable bonds is 2. The van der Waals surface area contributed by atoms with Crippen LogP contribution in [0.5, 0.6) is 0 Å². The molecule has 1 aliphatic rings. The summed E-state index contributed by atoms with van der Waals surface area (Å²) in [6, 6.07) is 47.9. The zero-order chi connectivity index (χ0) is 22.7. The fraction of sp³-hybridized carbons (Fsp3) is 0.0303. The fourth-order valence-corrected chi connectivity index (χ4v) is 11.3. The quantitative estimate of drug-likeness (QED) is 0.236. The highest BCUT2D eigenvalue weighted by Gasteiger charge is 2.48. The van der Waals surface area contributed by atoms with Crippen molar-refractivity contribution in [3.63, 3.8) is 0 Å². The van der Waals surface area contributed by atoms with E-state index in [9.17, 15) is 0 Å². The fourth-order valence-electron chi connectivity index (χ4n) is 6.11. The van der Waals surface area contributed by atoms with Gasteiger partial charge in [0.2, 0.25) is 0 Å². The summed E-state index contributed by atoms with van der Waals surface area (Å²) in [5, 5.41) is 11.2. The van der Waals surface area contributed by atoms with Crippen LogP contribution in [0.1, 0.15) is 5.56 Å². The van der Waals surface area contributed by atoms with Crippen LogP contribution in [-0.2, 0) is 0 Å². The van der Waals surface area contributed by atoms with Crippen LogP contribution < -0.4 is 20.7 Å². The zero-order valence-electron chi connectivity index (χ0n) is 19.1. The van der Waals surface area contributed by atoms with Gasteiger partial charge in [-0.1, -0.05) is 127 Å². The molecule has 0 fully saturated rings. The third-order valence-electron chi connectivity index (χ3n) is 7.57. The van der Waals surface area contributed by atoms with Gasteiger partial charge in [-0.05, 0) is 66.4 Å². The molecule has 0 saturated carbocycles. The summed E-state index contributed by atoms with van der Waals surface area (Å²) in [6.45, 7) is 2.21. The van der Waals surface area contributed by atoms with E-state index in [1.165, 1.54) is 59.0 Å². The molecule has 0 atom stereocenters. The first-order valence-electron chi connectivity index (χ1n) is 12.0. The third-order valence-corrected chi connectivity index (χ3v) is 12.4. The second-order valence-electron chi connectivity index (χ2n) is 9.44. The Kier molecular flexibility index (Phi) is 4.18. The van der Waals surface area contributed by atoms with E-state index in [-0.39, 0.29) is 0 Å². The van der Waals surface area contributed by atoms with Gasteiger partial charge in [0.05, 0.1) is 0 Å². The molecule has 0 N–H and O–H groups in total. The van der Waals surface area contributed by atoms with Crippen LogP contribution in [0.4, 0.5) is 0 Å². The standard InChI is InChI=1S/C33H24Si/c1-23-16-19-32-30(20-23)31-22-29-25(18-17-24-10-8-9-15-28(24)29)21-33(31)34(32,26-11-4-2-5-12-26)27-13-6-3-7-14-27/h2-22H,1H3. The Bertz CT molecular complexity index is 1660. The first-order chi connectivity index (χ1) is 16.8. The molecule has 1 heterocycles. The number of hydrogen-bond acceptors (Lipinski definition) is 0. The molecular formula is C33H24Si. The molecule has 0 aromatic heterocycles. The highest BCUT2D eigenvalue weighted by molar-refractivity contribution is 7.22. The average molecular weight is 449 g/mol. The topological polar surface area (TPSA) is 0 Å². The summed E-state index contributed by atoms with van der Waals surface area (Å²) in [6.07, 6.45) is 0. The van der Waals surface area contributed by atoms with Gasteiger partial charge in [0.1, 0.15) is 0 Å². The van der Waals surface area contributed by atoms with Crippen molar-refractivity contribution in [3.05, 3.63) is 133 Å². The molecule has 0 amide bonds. The highest BCUT2D eigenvalue weighted by Crippen LogP contribution is 2.34. The van der Waals surface area contributed by atoms with E-state index < -0.39 is 8.07 Å². The van der Waals surface area contributed by atoms with Crippen molar-refractivity contribution >= 4 is 50.4 Å². The van der Waals surface area contributed by atoms with Crippen LogP contribution in [0.15, 0.2) is 127 Å². The molecule has 6 aromatic carbocycles. The zero-order valence-corrected chi connectivity index (χ0v) is 20.1. The Morgan fingerprint density at radius 3 is 1.79 bits per heavy atom. The van der Waals surface area contributed by atoms with Crippen molar-refractivity contribution in [2.24, 2.45) is 0 Å². The Balaban J connectivity index is 1.69. The minimum Gasteiger partial charge on any atom is -0.0623 e. The second kappa shape index (κ2) is 7.28. The first kappa shape index (κ1) is 19.5. The minimum absolute atomic E-state index is 1.30. The Labute approximate surface area is 201 Å². The van der Waals surface area contributed by atoms with Crippen LogP contribution >= 0.6 is 0 Å². The molecule has 160 valence electrons. The maximum Gasteiger partial charge on any atom is 0.180 e. The molecule has 6 aromatic rings. The summed E-state index contributed by atoms with van der Waals surface area (Å²) >= 11 is 0. The van der Waals surface area contributed by atoms with Gasteiger partial charge in [0.15, 0.2) is 8.07 Å². The summed E-state index contributed by atoms with van der Waals surface area (Å²) in [5.41, 5.74) is 4.12. The number of hydrogen-bond donors (Lipinski definition) is 0. The molecule has 1 aliphatic heterocycles. The molecule has 0 radical (unpaired) electrons. The molecule has 0 unspecified atom stereocenters. The molecular weight excluding hydrogens is 424 g/mol. The number of benzene rings is 6. The molecule has 34 heavy (non-hydrogen) atoms. The number of aryl methyl sites for hydroxylation is 1. The largest absolute Gasteiger partial charge is 0.180 e. The van der Waals surface area contributed by atoms with Crippen molar-refractivity contribution in [1.29, 1.82) is 0 Å². The lowest BCUT2D eigenvalue weighted by atomic mass is 9.96. The van der Waals surface area contributed by atoms with E-state index in [2.05, 4.69) is 134 Å².